The van der Waals surface area contributed by atoms with Crippen LogP contribution < -0.4 is 11.1 Å². The molecule has 17 heavy (non-hydrogen) atoms. The first kappa shape index (κ1) is 12.8. The van der Waals surface area contributed by atoms with Crippen molar-refractivity contribution in [3.8, 4) is 0 Å². The zero-order valence-electron chi connectivity index (χ0n) is 9.30. The number of rotatable bonds is 5. The van der Waals surface area contributed by atoms with Crippen molar-refractivity contribution in [1.82, 2.24) is 0 Å². The number of nitrogens with one attached hydrogen (secondary N) is 1. The largest absolute Gasteiger partial charge is 0.448 e. The summed E-state index contributed by atoms with van der Waals surface area (Å²) in [5, 5.41) is 13.5. The van der Waals surface area contributed by atoms with Gasteiger partial charge in [-0.1, -0.05) is 0 Å². The summed E-state index contributed by atoms with van der Waals surface area (Å²) in [4.78, 5) is 20.4. The topological polar surface area (TPSA) is 107 Å². The minimum atomic E-state index is -0.827. The van der Waals surface area contributed by atoms with Crippen molar-refractivity contribution in [3.63, 3.8) is 0 Å². The van der Waals surface area contributed by atoms with Crippen LogP contribution in [0.3, 0.4) is 0 Å². The lowest BCUT2D eigenvalue weighted by atomic mass is 10.2. The number of anilines is 1. The number of hydrogen-bond acceptors (Lipinski definition) is 5. The molecule has 0 aliphatic carbocycles. The summed E-state index contributed by atoms with van der Waals surface area (Å²) in [5.41, 5.74) is 6.34. The zero-order valence-corrected chi connectivity index (χ0v) is 9.30. The summed E-state index contributed by atoms with van der Waals surface area (Å²) in [6.07, 6.45) is -0.827. The van der Waals surface area contributed by atoms with Gasteiger partial charge in [0.15, 0.2) is 0 Å². The summed E-state index contributed by atoms with van der Waals surface area (Å²) in [6.45, 7) is 2.29. The molecule has 1 rings (SSSR count). The van der Waals surface area contributed by atoms with E-state index in [4.69, 9.17) is 5.73 Å². The van der Waals surface area contributed by atoms with Gasteiger partial charge in [0, 0.05) is 24.4 Å². The van der Waals surface area contributed by atoms with Gasteiger partial charge in [-0.05, 0) is 18.6 Å². The number of carbonyl (C=O) groups excluding carboxylic acids is 1. The second kappa shape index (κ2) is 5.69. The molecule has 0 fully saturated rings. The van der Waals surface area contributed by atoms with Crippen molar-refractivity contribution >= 4 is 17.5 Å². The van der Waals surface area contributed by atoms with Crippen LogP contribution in [-0.2, 0) is 4.74 Å². The molecule has 7 nitrogen and oxygen atoms in total. The molecular weight excluding hydrogens is 226 g/mol. The van der Waals surface area contributed by atoms with E-state index in [1.165, 1.54) is 12.1 Å². The molecule has 0 aromatic heterocycles. The first-order valence-corrected chi connectivity index (χ1v) is 4.92. The number of hydrogen-bond donors (Lipinski definition) is 2. The van der Waals surface area contributed by atoms with Crippen LogP contribution >= 0.6 is 0 Å². The van der Waals surface area contributed by atoms with Gasteiger partial charge in [0.25, 0.3) is 5.69 Å². The lowest BCUT2D eigenvalue weighted by molar-refractivity contribution is -0.384. The van der Waals surface area contributed by atoms with Crippen LogP contribution in [-0.4, -0.2) is 24.2 Å². The maximum atomic E-state index is 10.5. The summed E-state index contributed by atoms with van der Waals surface area (Å²) in [7, 11) is 0. The molecule has 1 aromatic rings. The number of nitro groups is 1. The molecule has 0 saturated carbocycles. The van der Waals surface area contributed by atoms with E-state index < -0.39 is 11.0 Å². The fraction of sp³-hybridized carbons (Fsp3) is 0.300. The van der Waals surface area contributed by atoms with Crippen molar-refractivity contribution in [2.75, 3.05) is 18.5 Å². The molecular formula is C10H13N3O4. The van der Waals surface area contributed by atoms with Gasteiger partial charge in [0.1, 0.15) is 6.61 Å². The summed E-state index contributed by atoms with van der Waals surface area (Å²) in [6, 6.07) is 4.49. The molecule has 0 unspecified atom stereocenters. The molecule has 0 aliphatic heterocycles. The van der Waals surface area contributed by atoms with Crippen molar-refractivity contribution in [2.45, 2.75) is 6.92 Å². The highest BCUT2D eigenvalue weighted by atomic mass is 16.6. The summed E-state index contributed by atoms with van der Waals surface area (Å²) in [5.74, 6) is 0. The van der Waals surface area contributed by atoms with Gasteiger partial charge in [0.2, 0.25) is 0 Å². The predicted molar refractivity (Wildman–Crippen MR) is 61.9 cm³/mol. The Morgan fingerprint density at radius 3 is 2.82 bits per heavy atom. The number of amides is 1. The van der Waals surface area contributed by atoms with Gasteiger partial charge in [-0.15, -0.1) is 0 Å². The number of nitro benzene ring substituents is 1. The first-order valence-electron chi connectivity index (χ1n) is 4.92. The number of nitrogens with two attached hydrogens (primary N) is 1. The van der Waals surface area contributed by atoms with E-state index in [-0.39, 0.29) is 12.3 Å². The zero-order chi connectivity index (χ0) is 12.8. The lowest BCUT2D eigenvalue weighted by Gasteiger charge is -2.08. The van der Waals surface area contributed by atoms with Gasteiger partial charge in [0.05, 0.1) is 4.92 Å². The fourth-order valence-corrected chi connectivity index (χ4v) is 1.30. The number of ether oxygens (including phenoxy) is 1. The smallest absolute Gasteiger partial charge is 0.404 e. The van der Waals surface area contributed by atoms with Crippen molar-refractivity contribution in [2.24, 2.45) is 5.73 Å². The third-order valence-electron chi connectivity index (χ3n) is 2.08. The second-order valence-corrected chi connectivity index (χ2v) is 3.35. The molecule has 0 atom stereocenters. The molecule has 0 bridgehead atoms. The van der Waals surface area contributed by atoms with E-state index >= 15 is 0 Å². The Balaban J connectivity index is 2.54. The maximum Gasteiger partial charge on any atom is 0.404 e. The van der Waals surface area contributed by atoms with E-state index in [1.54, 1.807) is 13.0 Å². The molecule has 7 heteroatoms. The molecule has 1 amide bonds. The van der Waals surface area contributed by atoms with Crippen molar-refractivity contribution in [3.05, 3.63) is 33.9 Å². The van der Waals surface area contributed by atoms with E-state index in [0.717, 1.165) is 11.3 Å². The Labute approximate surface area is 97.7 Å². The van der Waals surface area contributed by atoms with Gasteiger partial charge in [-0.25, -0.2) is 4.79 Å². The quantitative estimate of drug-likeness (QED) is 0.459. The minimum absolute atomic E-state index is 0.0430. The van der Waals surface area contributed by atoms with Gasteiger partial charge < -0.3 is 15.8 Å². The Morgan fingerprint density at radius 1 is 1.59 bits per heavy atom. The Hall–Kier alpha value is -2.31. The third-order valence-corrected chi connectivity index (χ3v) is 2.08. The number of aryl methyl sites for hydroxylation is 1. The first-order chi connectivity index (χ1) is 8.00. The van der Waals surface area contributed by atoms with Gasteiger partial charge in [-0.3, -0.25) is 10.1 Å². The average molecular weight is 239 g/mol. The van der Waals surface area contributed by atoms with Crippen LogP contribution in [0, 0.1) is 17.0 Å². The number of benzene rings is 1. The molecule has 1 aromatic carbocycles. The highest BCUT2D eigenvalue weighted by Gasteiger charge is 2.07. The van der Waals surface area contributed by atoms with Crippen LogP contribution in [0.2, 0.25) is 0 Å². The summed E-state index contributed by atoms with van der Waals surface area (Å²) < 4.78 is 4.53. The number of carbonyl (C=O) groups is 1. The van der Waals surface area contributed by atoms with E-state index in [1.807, 2.05) is 0 Å². The second-order valence-electron chi connectivity index (χ2n) is 3.35. The molecule has 92 valence electrons. The highest BCUT2D eigenvalue weighted by Crippen LogP contribution is 2.20. The average Bonchev–Trinajstić information content (AvgIpc) is 2.25. The van der Waals surface area contributed by atoms with Crippen LogP contribution in [0.1, 0.15) is 5.56 Å². The van der Waals surface area contributed by atoms with Gasteiger partial charge >= 0.3 is 6.09 Å². The molecule has 0 spiro atoms. The third kappa shape index (κ3) is 3.98. The Bertz CT molecular complexity index is 434. The molecule has 3 N–H and O–H groups in total. The predicted octanol–water partition coefficient (Wildman–Crippen LogP) is 1.41. The van der Waals surface area contributed by atoms with Crippen LogP contribution in [0.4, 0.5) is 16.2 Å². The SMILES string of the molecule is Cc1cc([N+](=O)[O-])ccc1NCCOC(N)=O. The monoisotopic (exact) mass is 239 g/mol. The lowest BCUT2D eigenvalue weighted by Crippen LogP contribution is -2.18. The maximum absolute atomic E-state index is 10.5. The number of non-ortho nitro benzene ring substituents is 1. The van der Waals surface area contributed by atoms with Crippen molar-refractivity contribution < 1.29 is 14.5 Å². The molecule has 0 radical (unpaired) electrons. The van der Waals surface area contributed by atoms with Gasteiger partial charge in [-0.2, -0.15) is 0 Å². The minimum Gasteiger partial charge on any atom is -0.448 e. The van der Waals surface area contributed by atoms with Crippen LogP contribution in [0.15, 0.2) is 18.2 Å². The fourth-order valence-electron chi connectivity index (χ4n) is 1.30. The molecule has 0 saturated heterocycles. The summed E-state index contributed by atoms with van der Waals surface area (Å²) >= 11 is 0. The van der Waals surface area contributed by atoms with E-state index in [2.05, 4.69) is 10.1 Å². The van der Waals surface area contributed by atoms with Crippen LogP contribution in [0.5, 0.6) is 0 Å². The van der Waals surface area contributed by atoms with E-state index in [0.29, 0.717) is 6.54 Å². The van der Waals surface area contributed by atoms with Crippen molar-refractivity contribution in [1.29, 1.82) is 0 Å². The highest BCUT2D eigenvalue weighted by molar-refractivity contribution is 5.64. The Kier molecular flexibility index (Phi) is 4.27. The van der Waals surface area contributed by atoms with E-state index in [9.17, 15) is 14.9 Å². The Morgan fingerprint density at radius 2 is 2.29 bits per heavy atom. The molecule has 0 aliphatic rings. The normalized spacial score (nSPS) is 9.71. The standard InChI is InChI=1S/C10H13N3O4/c1-7-6-8(13(15)16)2-3-9(7)12-4-5-17-10(11)14/h2-3,6,12H,4-5H2,1H3,(H2,11,14). The number of nitrogens with zero attached hydrogens (tertiary/aromatic N) is 1. The number of primary amides is 1. The van der Waals surface area contributed by atoms with Crippen LogP contribution in [0.25, 0.3) is 0 Å². The molecule has 0 heterocycles.